The monoisotopic (exact) mass is 296 g/mol. The van der Waals surface area contributed by atoms with E-state index in [1.54, 1.807) is 11.3 Å². The van der Waals surface area contributed by atoms with Crippen molar-refractivity contribution in [3.8, 4) is 0 Å². The van der Waals surface area contributed by atoms with Crippen LogP contribution in [-0.2, 0) is 5.41 Å². The summed E-state index contributed by atoms with van der Waals surface area (Å²) in [5.74, 6) is 0. The Balaban J connectivity index is 1.84. The number of aryl methyl sites for hydroxylation is 1. The molecule has 0 amide bonds. The van der Waals surface area contributed by atoms with Crippen molar-refractivity contribution in [1.29, 1.82) is 0 Å². The number of nitrogens with zero attached hydrogens (tertiary/aromatic N) is 1. The average Bonchev–Trinajstić information content (AvgIpc) is 2.79. The minimum atomic E-state index is 0.186. The average molecular weight is 296 g/mol. The van der Waals surface area contributed by atoms with E-state index in [4.69, 9.17) is 0 Å². The van der Waals surface area contributed by atoms with E-state index in [2.05, 4.69) is 80.5 Å². The van der Waals surface area contributed by atoms with Gasteiger partial charge in [-0.3, -0.25) is 0 Å². The first-order chi connectivity index (χ1) is 9.91. The van der Waals surface area contributed by atoms with Crippen LogP contribution in [-0.4, -0.2) is 4.98 Å². The summed E-state index contributed by atoms with van der Waals surface area (Å²) in [6, 6.07) is 15.0. The third-order valence-electron chi connectivity index (χ3n) is 3.55. The lowest BCUT2D eigenvalue weighted by atomic mass is 9.87. The van der Waals surface area contributed by atoms with Crippen molar-refractivity contribution in [1.82, 2.24) is 4.98 Å². The quantitative estimate of drug-likeness (QED) is 0.661. The molecule has 2 nitrogen and oxygen atoms in total. The van der Waals surface area contributed by atoms with E-state index in [0.29, 0.717) is 0 Å². The molecular formula is C18H20N2S. The first-order valence-corrected chi connectivity index (χ1v) is 7.98. The van der Waals surface area contributed by atoms with Crippen LogP contribution in [0.2, 0.25) is 0 Å². The number of benzene rings is 2. The largest absolute Gasteiger partial charge is 0.332 e. The molecule has 1 N–H and O–H groups in total. The van der Waals surface area contributed by atoms with E-state index in [0.717, 1.165) is 16.3 Å². The molecule has 2 aromatic carbocycles. The first kappa shape index (κ1) is 14.1. The predicted octanol–water partition coefficient (Wildman–Crippen LogP) is 5.65. The SMILES string of the molecule is Cc1ccc2sc(Nc3ccc(C(C)(C)C)cc3)nc2c1. The fourth-order valence-electron chi connectivity index (χ4n) is 2.27. The van der Waals surface area contributed by atoms with E-state index >= 15 is 0 Å². The molecule has 0 bridgehead atoms. The van der Waals surface area contributed by atoms with Crippen molar-refractivity contribution in [3.63, 3.8) is 0 Å². The van der Waals surface area contributed by atoms with Crippen molar-refractivity contribution in [2.45, 2.75) is 33.1 Å². The maximum absolute atomic E-state index is 4.65. The van der Waals surface area contributed by atoms with Gasteiger partial charge in [0.25, 0.3) is 0 Å². The second-order valence-corrected chi connectivity index (χ2v) is 7.47. The summed E-state index contributed by atoms with van der Waals surface area (Å²) in [4.78, 5) is 4.65. The van der Waals surface area contributed by atoms with Crippen molar-refractivity contribution in [2.75, 3.05) is 5.32 Å². The lowest BCUT2D eigenvalue weighted by Crippen LogP contribution is -2.10. The van der Waals surface area contributed by atoms with Crippen LogP contribution in [0.5, 0.6) is 0 Å². The van der Waals surface area contributed by atoms with Crippen LogP contribution in [0, 0.1) is 6.92 Å². The zero-order chi connectivity index (χ0) is 15.0. The Bertz CT molecular complexity index is 764. The van der Waals surface area contributed by atoms with Gasteiger partial charge in [-0.25, -0.2) is 4.98 Å². The Kier molecular flexibility index (Phi) is 3.46. The van der Waals surface area contributed by atoms with E-state index < -0.39 is 0 Å². The molecule has 0 radical (unpaired) electrons. The molecule has 3 aromatic rings. The van der Waals surface area contributed by atoms with Crippen molar-refractivity contribution < 1.29 is 0 Å². The van der Waals surface area contributed by atoms with Crippen LogP contribution in [0.25, 0.3) is 10.2 Å². The summed E-state index contributed by atoms with van der Waals surface area (Å²) in [5.41, 5.74) is 4.92. The lowest BCUT2D eigenvalue weighted by molar-refractivity contribution is 0.590. The number of rotatable bonds is 2. The van der Waals surface area contributed by atoms with Gasteiger partial charge >= 0.3 is 0 Å². The molecule has 3 heteroatoms. The van der Waals surface area contributed by atoms with Crippen LogP contribution in [0.15, 0.2) is 42.5 Å². The van der Waals surface area contributed by atoms with Crippen molar-refractivity contribution in [2.24, 2.45) is 0 Å². The number of anilines is 2. The molecule has 108 valence electrons. The van der Waals surface area contributed by atoms with E-state index in [9.17, 15) is 0 Å². The lowest BCUT2D eigenvalue weighted by Gasteiger charge is -2.19. The van der Waals surface area contributed by atoms with Crippen LogP contribution in [0.4, 0.5) is 10.8 Å². The molecular weight excluding hydrogens is 276 g/mol. The van der Waals surface area contributed by atoms with Gasteiger partial charge in [-0.05, 0) is 47.7 Å². The van der Waals surface area contributed by atoms with Crippen LogP contribution >= 0.6 is 11.3 Å². The number of hydrogen-bond donors (Lipinski definition) is 1. The molecule has 0 aliphatic heterocycles. The molecule has 0 unspecified atom stereocenters. The standard InChI is InChI=1S/C18H20N2S/c1-12-5-10-16-15(11-12)20-17(21-16)19-14-8-6-13(7-9-14)18(2,3)4/h5-11H,1-4H3,(H,19,20). The predicted molar refractivity (Wildman–Crippen MR) is 92.8 cm³/mol. The third kappa shape index (κ3) is 3.08. The van der Waals surface area contributed by atoms with Crippen molar-refractivity contribution in [3.05, 3.63) is 53.6 Å². The summed E-state index contributed by atoms with van der Waals surface area (Å²) < 4.78 is 1.22. The Morgan fingerprint density at radius 1 is 1.00 bits per heavy atom. The summed E-state index contributed by atoms with van der Waals surface area (Å²) >= 11 is 1.69. The van der Waals surface area contributed by atoms with Gasteiger partial charge in [-0.1, -0.05) is 50.3 Å². The Labute approximate surface area is 129 Å². The van der Waals surface area contributed by atoms with Gasteiger partial charge in [0.15, 0.2) is 5.13 Å². The Morgan fingerprint density at radius 2 is 1.71 bits per heavy atom. The highest BCUT2D eigenvalue weighted by molar-refractivity contribution is 7.22. The Morgan fingerprint density at radius 3 is 2.38 bits per heavy atom. The summed E-state index contributed by atoms with van der Waals surface area (Å²) in [7, 11) is 0. The van der Waals surface area contributed by atoms with Gasteiger partial charge in [0, 0.05) is 5.69 Å². The zero-order valence-corrected chi connectivity index (χ0v) is 13.7. The molecule has 1 heterocycles. The molecule has 1 aromatic heterocycles. The van der Waals surface area contributed by atoms with Crippen molar-refractivity contribution >= 4 is 32.4 Å². The number of nitrogens with one attached hydrogen (secondary N) is 1. The maximum atomic E-state index is 4.65. The van der Waals surface area contributed by atoms with Gasteiger partial charge in [0.1, 0.15) is 0 Å². The van der Waals surface area contributed by atoms with E-state index in [1.807, 2.05) is 0 Å². The van der Waals surface area contributed by atoms with Gasteiger partial charge in [0.2, 0.25) is 0 Å². The first-order valence-electron chi connectivity index (χ1n) is 7.16. The molecule has 21 heavy (non-hydrogen) atoms. The molecule has 0 aliphatic rings. The van der Waals surface area contributed by atoms with Gasteiger partial charge < -0.3 is 5.32 Å². The van der Waals surface area contributed by atoms with E-state index in [1.165, 1.54) is 15.8 Å². The second-order valence-electron chi connectivity index (χ2n) is 6.44. The highest BCUT2D eigenvalue weighted by Gasteiger charge is 2.13. The third-order valence-corrected chi connectivity index (χ3v) is 4.50. The number of aromatic nitrogens is 1. The molecule has 0 saturated heterocycles. The minimum Gasteiger partial charge on any atom is -0.332 e. The molecule has 0 atom stereocenters. The number of fused-ring (bicyclic) bond motifs is 1. The zero-order valence-electron chi connectivity index (χ0n) is 12.9. The van der Waals surface area contributed by atoms with Crippen LogP contribution < -0.4 is 5.32 Å². The fraction of sp³-hybridized carbons (Fsp3) is 0.278. The van der Waals surface area contributed by atoms with E-state index in [-0.39, 0.29) is 5.41 Å². The molecule has 0 fully saturated rings. The molecule has 0 saturated carbocycles. The molecule has 0 spiro atoms. The highest BCUT2D eigenvalue weighted by atomic mass is 32.1. The van der Waals surface area contributed by atoms with Crippen LogP contribution in [0.3, 0.4) is 0 Å². The fourth-order valence-corrected chi connectivity index (χ4v) is 3.13. The highest BCUT2D eigenvalue weighted by Crippen LogP contribution is 2.30. The number of thiazole rings is 1. The summed E-state index contributed by atoms with van der Waals surface area (Å²) in [6.45, 7) is 8.78. The topological polar surface area (TPSA) is 24.9 Å². The molecule has 3 rings (SSSR count). The van der Waals surface area contributed by atoms with Crippen LogP contribution in [0.1, 0.15) is 31.9 Å². The van der Waals surface area contributed by atoms with Gasteiger partial charge in [-0.15, -0.1) is 0 Å². The van der Waals surface area contributed by atoms with Gasteiger partial charge in [0.05, 0.1) is 10.2 Å². The smallest absolute Gasteiger partial charge is 0.188 e. The molecule has 0 aliphatic carbocycles. The minimum absolute atomic E-state index is 0.186. The number of hydrogen-bond acceptors (Lipinski definition) is 3. The second kappa shape index (κ2) is 5.15. The Hall–Kier alpha value is -1.87. The summed E-state index contributed by atoms with van der Waals surface area (Å²) in [5, 5.41) is 4.34. The normalized spacial score (nSPS) is 11.8. The maximum Gasteiger partial charge on any atom is 0.188 e. The summed E-state index contributed by atoms with van der Waals surface area (Å²) in [6.07, 6.45) is 0. The van der Waals surface area contributed by atoms with Gasteiger partial charge in [-0.2, -0.15) is 0 Å².